The van der Waals surface area contributed by atoms with Crippen LogP contribution in [0, 0.1) is 56.7 Å². The van der Waals surface area contributed by atoms with Crippen LogP contribution < -0.4 is 0 Å². The first-order chi connectivity index (χ1) is 19.8. The molecule has 10 atom stereocenters. The standard InChI is InChI=1S/C39H56O3/c1-26(2)28-17-22-39(25-42-33(41)16-13-27-11-9-8-10-12-27)24-23-37(6)29(34(28)39)14-15-31-36(5)20-19-32(40)35(3,4)30(36)18-21-38(31,37)7/h8-13,16,28-32,34,40H,1,14-15,17-25H2,2-7H3/b16-13+/t28-,29+,30-,31+,32-,34-,36-,37+,38+,39+/m0/s1. The van der Waals surface area contributed by atoms with Gasteiger partial charge in [-0.2, -0.15) is 0 Å². The molecule has 5 fully saturated rings. The van der Waals surface area contributed by atoms with Crippen LogP contribution in [0.15, 0.2) is 48.6 Å². The number of hydrogen-bond acceptors (Lipinski definition) is 3. The Labute approximate surface area is 255 Å². The average molecular weight is 573 g/mol. The van der Waals surface area contributed by atoms with E-state index in [0.29, 0.717) is 47.0 Å². The minimum absolute atomic E-state index is 0.0108. The summed E-state index contributed by atoms with van der Waals surface area (Å²) in [5.41, 5.74) is 3.26. The molecule has 0 saturated heterocycles. The van der Waals surface area contributed by atoms with E-state index in [-0.39, 0.29) is 28.3 Å². The van der Waals surface area contributed by atoms with Gasteiger partial charge in [-0.05, 0) is 134 Å². The maximum atomic E-state index is 12.9. The zero-order chi connectivity index (χ0) is 30.1. The Balaban J connectivity index is 1.27. The Hall–Kier alpha value is -1.87. The normalized spacial score (nSPS) is 45.8. The number of aliphatic hydroxyl groups is 1. The van der Waals surface area contributed by atoms with E-state index in [9.17, 15) is 9.90 Å². The van der Waals surface area contributed by atoms with Gasteiger partial charge in [0.15, 0.2) is 0 Å². The monoisotopic (exact) mass is 572 g/mol. The van der Waals surface area contributed by atoms with Crippen molar-refractivity contribution in [2.75, 3.05) is 6.61 Å². The summed E-state index contributed by atoms with van der Waals surface area (Å²) >= 11 is 0. The first-order valence-corrected chi connectivity index (χ1v) is 17.0. The van der Waals surface area contributed by atoms with Gasteiger partial charge in [-0.15, -0.1) is 0 Å². The van der Waals surface area contributed by atoms with Crippen molar-refractivity contribution in [2.45, 2.75) is 112 Å². The van der Waals surface area contributed by atoms with Gasteiger partial charge in [-0.3, -0.25) is 0 Å². The molecule has 5 aliphatic rings. The van der Waals surface area contributed by atoms with Crippen molar-refractivity contribution in [1.82, 2.24) is 0 Å². The molecule has 5 aliphatic carbocycles. The molecular weight excluding hydrogens is 516 g/mol. The number of esters is 1. The Morgan fingerprint density at radius 1 is 0.905 bits per heavy atom. The molecule has 3 nitrogen and oxygen atoms in total. The second-order valence-electron chi connectivity index (χ2n) is 16.8. The van der Waals surface area contributed by atoms with Gasteiger partial charge in [0.1, 0.15) is 0 Å². The fourth-order valence-corrected chi connectivity index (χ4v) is 12.5. The van der Waals surface area contributed by atoms with Crippen molar-refractivity contribution in [3.05, 3.63) is 54.1 Å². The lowest BCUT2D eigenvalue weighted by Crippen LogP contribution is -2.66. The number of benzene rings is 1. The van der Waals surface area contributed by atoms with E-state index in [1.807, 2.05) is 36.4 Å². The molecule has 1 N–H and O–H groups in total. The van der Waals surface area contributed by atoms with Crippen LogP contribution in [-0.2, 0) is 9.53 Å². The third-order valence-corrected chi connectivity index (χ3v) is 14.9. The predicted octanol–water partition coefficient (Wildman–Crippen LogP) is 9.26. The molecule has 3 heteroatoms. The van der Waals surface area contributed by atoms with Crippen molar-refractivity contribution in [3.8, 4) is 0 Å². The molecule has 0 radical (unpaired) electrons. The van der Waals surface area contributed by atoms with Gasteiger partial charge >= 0.3 is 5.97 Å². The van der Waals surface area contributed by atoms with Gasteiger partial charge in [0.05, 0.1) is 12.7 Å². The van der Waals surface area contributed by atoms with E-state index in [1.54, 1.807) is 6.08 Å². The van der Waals surface area contributed by atoms with Gasteiger partial charge in [0.2, 0.25) is 0 Å². The first kappa shape index (κ1) is 30.2. The molecule has 6 rings (SSSR count). The molecule has 0 spiro atoms. The second kappa shape index (κ2) is 10.4. The van der Waals surface area contributed by atoms with Crippen LogP contribution in [0.4, 0.5) is 0 Å². The Bertz CT molecular complexity index is 1230. The zero-order valence-electron chi connectivity index (χ0n) is 27.3. The number of fused-ring (bicyclic) bond motifs is 7. The topological polar surface area (TPSA) is 46.5 Å². The van der Waals surface area contributed by atoms with Crippen molar-refractivity contribution in [2.24, 2.45) is 56.7 Å². The summed E-state index contributed by atoms with van der Waals surface area (Å²) in [6, 6.07) is 9.99. The maximum absolute atomic E-state index is 12.9. The molecule has 1 aromatic rings. The second-order valence-corrected chi connectivity index (χ2v) is 16.8. The molecule has 0 amide bonds. The summed E-state index contributed by atoms with van der Waals surface area (Å²) < 4.78 is 6.12. The lowest BCUT2D eigenvalue weighted by Gasteiger charge is -2.73. The number of allylic oxidation sites excluding steroid dienone is 1. The lowest BCUT2D eigenvalue weighted by molar-refractivity contribution is -0.249. The van der Waals surface area contributed by atoms with Gasteiger partial charge in [-0.1, -0.05) is 77.1 Å². The van der Waals surface area contributed by atoms with Crippen LogP contribution in [0.5, 0.6) is 0 Å². The summed E-state index contributed by atoms with van der Waals surface area (Å²) in [5.74, 6) is 2.76. The molecule has 5 saturated carbocycles. The maximum Gasteiger partial charge on any atom is 0.330 e. The smallest absolute Gasteiger partial charge is 0.330 e. The number of rotatable bonds is 5. The highest BCUT2D eigenvalue weighted by Crippen LogP contribution is 2.77. The molecule has 0 bridgehead atoms. The highest BCUT2D eigenvalue weighted by atomic mass is 16.5. The van der Waals surface area contributed by atoms with Gasteiger partial charge in [-0.25, -0.2) is 4.79 Å². The van der Waals surface area contributed by atoms with Crippen LogP contribution in [-0.4, -0.2) is 23.8 Å². The molecule has 230 valence electrons. The van der Waals surface area contributed by atoms with Gasteiger partial charge in [0, 0.05) is 11.5 Å². The van der Waals surface area contributed by atoms with Gasteiger partial charge < -0.3 is 9.84 Å². The van der Waals surface area contributed by atoms with E-state index in [2.05, 4.69) is 48.1 Å². The van der Waals surface area contributed by atoms with Crippen molar-refractivity contribution < 1.29 is 14.6 Å². The van der Waals surface area contributed by atoms with E-state index < -0.39 is 0 Å². The Morgan fingerprint density at radius 3 is 2.36 bits per heavy atom. The summed E-state index contributed by atoms with van der Waals surface area (Å²) in [6.07, 6.45) is 15.2. The summed E-state index contributed by atoms with van der Waals surface area (Å²) in [6.45, 7) is 20.0. The number of hydrogen-bond donors (Lipinski definition) is 1. The summed E-state index contributed by atoms with van der Waals surface area (Å²) in [5, 5.41) is 11.0. The quantitative estimate of drug-likeness (QED) is 0.217. The van der Waals surface area contributed by atoms with Crippen molar-refractivity contribution in [3.63, 3.8) is 0 Å². The minimum atomic E-state index is -0.219. The lowest BCUT2D eigenvalue weighted by atomic mass is 9.32. The predicted molar refractivity (Wildman–Crippen MR) is 171 cm³/mol. The third kappa shape index (κ3) is 4.33. The van der Waals surface area contributed by atoms with Crippen LogP contribution in [0.2, 0.25) is 0 Å². The van der Waals surface area contributed by atoms with E-state index in [1.165, 1.54) is 44.1 Å². The largest absolute Gasteiger partial charge is 0.462 e. The Kier molecular flexibility index (Phi) is 7.44. The molecular formula is C39H56O3. The minimum Gasteiger partial charge on any atom is -0.462 e. The van der Waals surface area contributed by atoms with Crippen LogP contribution in [0.25, 0.3) is 6.08 Å². The van der Waals surface area contributed by atoms with Crippen LogP contribution in [0.3, 0.4) is 0 Å². The van der Waals surface area contributed by atoms with Crippen LogP contribution in [0.1, 0.15) is 111 Å². The molecule has 1 aromatic carbocycles. The van der Waals surface area contributed by atoms with Crippen molar-refractivity contribution in [1.29, 1.82) is 0 Å². The van der Waals surface area contributed by atoms with E-state index >= 15 is 0 Å². The molecule has 0 aliphatic heterocycles. The molecule has 0 heterocycles. The van der Waals surface area contributed by atoms with E-state index in [4.69, 9.17) is 4.74 Å². The average Bonchev–Trinajstić information content (AvgIpc) is 3.34. The first-order valence-electron chi connectivity index (χ1n) is 17.0. The highest BCUT2D eigenvalue weighted by Gasteiger charge is 2.70. The number of aliphatic hydroxyl groups excluding tert-OH is 1. The number of ether oxygens (including phenoxy) is 1. The number of carbonyl (C=O) groups is 1. The molecule has 0 unspecified atom stereocenters. The summed E-state index contributed by atoms with van der Waals surface area (Å²) in [4.78, 5) is 12.9. The van der Waals surface area contributed by atoms with Crippen molar-refractivity contribution >= 4 is 12.0 Å². The van der Waals surface area contributed by atoms with E-state index in [0.717, 1.165) is 31.2 Å². The highest BCUT2D eigenvalue weighted by molar-refractivity contribution is 5.87. The Morgan fingerprint density at radius 2 is 1.64 bits per heavy atom. The van der Waals surface area contributed by atoms with Gasteiger partial charge in [0.25, 0.3) is 0 Å². The molecule has 42 heavy (non-hydrogen) atoms. The molecule has 0 aromatic heterocycles. The number of carbonyl (C=O) groups excluding carboxylic acids is 1. The zero-order valence-corrected chi connectivity index (χ0v) is 27.3. The third-order valence-electron chi connectivity index (χ3n) is 14.9. The SMILES string of the molecule is C=C(C)[C@@H]1CC[C@]2(COC(=O)/C=C/c3ccccc3)CC[C@]3(C)[C@H](CC[C@@H]4[C@@]5(C)CC[C@H](O)C(C)(C)[C@@H]5CC[C@]43C)[C@H]12. The summed E-state index contributed by atoms with van der Waals surface area (Å²) in [7, 11) is 0. The van der Waals surface area contributed by atoms with Crippen LogP contribution >= 0.6 is 0 Å². The fraction of sp³-hybridized carbons (Fsp3) is 0.718. The fourth-order valence-electron chi connectivity index (χ4n) is 12.5.